The second kappa shape index (κ2) is 9.41. The van der Waals surface area contributed by atoms with E-state index in [0.717, 1.165) is 6.07 Å². The van der Waals surface area contributed by atoms with Crippen LogP contribution in [-0.4, -0.2) is 59.0 Å². The molecular formula is C23H19F3N6O3S. The molecule has 5 rings (SSSR count). The summed E-state index contributed by atoms with van der Waals surface area (Å²) in [5.41, 5.74) is 0.241. The molecule has 1 aromatic carbocycles. The Bertz CT molecular complexity index is 1510. The van der Waals surface area contributed by atoms with Crippen molar-refractivity contribution in [3.8, 4) is 11.3 Å². The van der Waals surface area contributed by atoms with Crippen LogP contribution in [0.15, 0.2) is 66.1 Å². The minimum Gasteiger partial charge on any atom is -0.379 e. The topological polar surface area (TPSA) is 110 Å². The fourth-order valence-corrected chi connectivity index (χ4v) is 5.22. The summed E-state index contributed by atoms with van der Waals surface area (Å²) >= 11 is 0. The highest BCUT2D eigenvalue weighted by Crippen LogP contribution is 2.36. The maximum absolute atomic E-state index is 13.4. The van der Waals surface area contributed by atoms with Crippen molar-refractivity contribution >= 4 is 32.6 Å². The van der Waals surface area contributed by atoms with Gasteiger partial charge in [0.1, 0.15) is 11.8 Å². The third kappa shape index (κ3) is 4.72. The molecule has 9 nitrogen and oxygen atoms in total. The quantitative estimate of drug-likeness (QED) is 0.426. The van der Waals surface area contributed by atoms with Gasteiger partial charge in [-0.05, 0) is 42.5 Å². The van der Waals surface area contributed by atoms with Crippen molar-refractivity contribution in [3.05, 3.63) is 66.7 Å². The number of pyridine rings is 2. The van der Waals surface area contributed by atoms with Gasteiger partial charge >= 0.3 is 6.18 Å². The molecule has 4 aromatic rings. The lowest BCUT2D eigenvalue weighted by atomic mass is 10.1. The van der Waals surface area contributed by atoms with E-state index in [1.165, 1.54) is 47.3 Å². The van der Waals surface area contributed by atoms with Gasteiger partial charge in [0.05, 0.1) is 34.9 Å². The highest BCUT2D eigenvalue weighted by molar-refractivity contribution is 7.89. The number of hydrogen-bond acceptors (Lipinski definition) is 8. The summed E-state index contributed by atoms with van der Waals surface area (Å²) in [4.78, 5) is 16.7. The molecule has 0 atom stereocenters. The van der Waals surface area contributed by atoms with Crippen molar-refractivity contribution in [1.29, 1.82) is 0 Å². The number of rotatable bonds is 5. The molecular weight excluding hydrogens is 497 g/mol. The number of fused-ring (bicyclic) bond motifs is 1. The van der Waals surface area contributed by atoms with Gasteiger partial charge in [-0.2, -0.15) is 17.5 Å². The van der Waals surface area contributed by atoms with Crippen molar-refractivity contribution in [2.45, 2.75) is 11.1 Å². The zero-order chi connectivity index (χ0) is 25.3. The number of morpholine rings is 1. The molecule has 0 unspecified atom stereocenters. The summed E-state index contributed by atoms with van der Waals surface area (Å²) < 4.78 is 72.5. The number of hydrogen-bond donors (Lipinski definition) is 1. The maximum Gasteiger partial charge on any atom is 0.418 e. The number of halogens is 3. The van der Waals surface area contributed by atoms with E-state index < -0.39 is 21.8 Å². The molecule has 3 aromatic heterocycles. The van der Waals surface area contributed by atoms with Crippen LogP contribution in [0.1, 0.15) is 5.56 Å². The predicted octanol–water partition coefficient (Wildman–Crippen LogP) is 3.87. The first-order valence-electron chi connectivity index (χ1n) is 10.8. The predicted molar refractivity (Wildman–Crippen MR) is 125 cm³/mol. The molecule has 1 aliphatic heterocycles. The van der Waals surface area contributed by atoms with Gasteiger partial charge in [-0.1, -0.05) is 0 Å². The SMILES string of the molecule is O=S(=O)(c1ccc(Nc2ncnc3cc(-c4ncccc4C(F)(F)F)cnc23)cc1)N1CCOCC1. The Morgan fingerprint density at radius 3 is 2.44 bits per heavy atom. The molecule has 0 spiro atoms. The number of ether oxygens (including phenoxy) is 1. The first-order valence-corrected chi connectivity index (χ1v) is 12.3. The van der Waals surface area contributed by atoms with Gasteiger partial charge in [0, 0.05) is 36.7 Å². The van der Waals surface area contributed by atoms with Crippen LogP contribution in [0.3, 0.4) is 0 Å². The molecule has 36 heavy (non-hydrogen) atoms. The van der Waals surface area contributed by atoms with E-state index in [1.54, 1.807) is 12.1 Å². The van der Waals surface area contributed by atoms with E-state index in [2.05, 4.69) is 25.3 Å². The summed E-state index contributed by atoms with van der Waals surface area (Å²) in [5.74, 6) is 0.312. The van der Waals surface area contributed by atoms with E-state index >= 15 is 0 Å². The summed E-state index contributed by atoms with van der Waals surface area (Å²) in [5, 5.41) is 3.06. The van der Waals surface area contributed by atoms with E-state index in [0.29, 0.717) is 48.8 Å². The van der Waals surface area contributed by atoms with E-state index in [-0.39, 0.29) is 16.2 Å². The molecule has 0 saturated carbocycles. The molecule has 13 heteroatoms. The zero-order valence-electron chi connectivity index (χ0n) is 18.6. The minimum atomic E-state index is -4.57. The molecule has 4 heterocycles. The number of benzene rings is 1. The van der Waals surface area contributed by atoms with Gasteiger partial charge < -0.3 is 10.1 Å². The standard InChI is InChI=1S/C23H19F3N6O3S/c24-23(25,26)18-2-1-7-27-20(18)15-12-19-21(28-13-15)22(30-14-29-19)31-16-3-5-17(6-4-16)36(33,34)32-8-10-35-11-9-32/h1-7,12-14H,8-11H2,(H,29,30,31). The van der Waals surface area contributed by atoms with Gasteiger partial charge in [0.15, 0.2) is 5.82 Å². The Morgan fingerprint density at radius 2 is 1.72 bits per heavy atom. The number of anilines is 2. The van der Waals surface area contributed by atoms with Gasteiger partial charge in [-0.3, -0.25) is 4.98 Å². The van der Waals surface area contributed by atoms with Crippen molar-refractivity contribution in [3.63, 3.8) is 0 Å². The smallest absolute Gasteiger partial charge is 0.379 e. The lowest BCUT2D eigenvalue weighted by molar-refractivity contribution is -0.137. The Kier molecular flexibility index (Phi) is 6.28. The number of nitrogens with zero attached hydrogens (tertiary/aromatic N) is 5. The van der Waals surface area contributed by atoms with E-state index in [4.69, 9.17) is 4.74 Å². The van der Waals surface area contributed by atoms with Gasteiger partial charge in [-0.15, -0.1) is 0 Å². The van der Waals surface area contributed by atoms with Crippen LogP contribution in [0.5, 0.6) is 0 Å². The molecule has 1 saturated heterocycles. The molecule has 0 radical (unpaired) electrons. The van der Waals surface area contributed by atoms with Gasteiger partial charge in [0.2, 0.25) is 10.0 Å². The maximum atomic E-state index is 13.4. The van der Waals surface area contributed by atoms with Crippen LogP contribution in [0.4, 0.5) is 24.7 Å². The summed E-state index contributed by atoms with van der Waals surface area (Å²) in [6.07, 6.45) is -0.744. The summed E-state index contributed by atoms with van der Waals surface area (Å²) in [7, 11) is -3.63. The van der Waals surface area contributed by atoms with Gasteiger partial charge in [0.25, 0.3) is 0 Å². The molecule has 0 bridgehead atoms. The van der Waals surface area contributed by atoms with Crippen molar-refractivity contribution in [2.24, 2.45) is 0 Å². The first kappa shape index (κ1) is 24.0. The molecule has 1 fully saturated rings. The van der Waals surface area contributed by atoms with Crippen molar-refractivity contribution in [1.82, 2.24) is 24.2 Å². The van der Waals surface area contributed by atoms with Crippen molar-refractivity contribution in [2.75, 3.05) is 31.6 Å². The third-order valence-corrected chi connectivity index (χ3v) is 7.50. The molecule has 1 aliphatic rings. The van der Waals surface area contributed by atoms with Gasteiger partial charge in [-0.25, -0.2) is 23.4 Å². The zero-order valence-corrected chi connectivity index (χ0v) is 19.4. The lowest BCUT2D eigenvalue weighted by Crippen LogP contribution is -2.40. The number of alkyl halides is 3. The largest absolute Gasteiger partial charge is 0.418 e. The monoisotopic (exact) mass is 516 g/mol. The highest BCUT2D eigenvalue weighted by atomic mass is 32.2. The minimum absolute atomic E-state index is 0.154. The van der Waals surface area contributed by atoms with Crippen LogP contribution < -0.4 is 5.32 Å². The van der Waals surface area contributed by atoms with Crippen LogP contribution in [-0.2, 0) is 20.9 Å². The highest BCUT2D eigenvalue weighted by Gasteiger charge is 2.34. The second-order valence-electron chi connectivity index (χ2n) is 7.88. The lowest BCUT2D eigenvalue weighted by Gasteiger charge is -2.26. The number of sulfonamides is 1. The molecule has 186 valence electrons. The Hall–Kier alpha value is -3.68. The fraction of sp³-hybridized carbons (Fsp3) is 0.217. The van der Waals surface area contributed by atoms with E-state index in [1.807, 2.05) is 0 Å². The second-order valence-corrected chi connectivity index (χ2v) is 9.82. The average Bonchev–Trinajstić information content (AvgIpc) is 2.89. The summed E-state index contributed by atoms with van der Waals surface area (Å²) in [6, 6.07) is 9.82. The fourth-order valence-electron chi connectivity index (χ4n) is 3.81. The average molecular weight is 517 g/mol. The molecule has 0 amide bonds. The van der Waals surface area contributed by atoms with Crippen LogP contribution in [0.25, 0.3) is 22.3 Å². The molecule has 0 aliphatic carbocycles. The number of aromatic nitrogens is 4. The van der Waals surface area contributed by atoms with E-state index in [9.17, 15) is 21.6 Å². The Morgan fingerprint density at radius 1 is 0.972 bits per heavy atom. The van der Waals surface area contributed by atoms with Crippen LogP contribution >= 0.6 is 0 Å². The van der Waals surface area contributed by atoms with Crippen LogP contribution in [0, 0.1) is 0 Å². The number of nitrogens with one attached hydrogen (secondary N) is 1. The summed E-state index contributed by atoms with van der Waals surface area (Å²) in [6.45, 7) is 1.30. The molecule has 1 N–H and O–H groups in total. The Labute approximate surface area is 204 Å². The normalized spacial score (nSPS) is 15.2. The first-order chi connectivity index (χ1) is 17.2. The Balaban J connectivity index is 1.42. The van der Waals surface area contributed by atoms with Crippen molar-refractivity contribution < 1.29 is 26.3 Å². The third-order valence-electron chi connectivity index (χ3n) is 5.59. The van der Waals surface area contributed by atoms with Crippen LogP contribution in [0.2, 0.25) is 0 Å².